The van der Waals surface area contributed by atoms with Crippen LogP contribution in [0.4, 0.5) is 10.5 Å². The van der Waals surface area contributed by atoms with E-state index in [2.05, 4.69) is 20.9 Å². The summed E-state index contributed by atoms with van der Waals surface area (Å²) in [7, 11) is 0. The molecule has 4 N–H and O–H groups in total. The smallest absolute Gasteiger partial charge is 0.408 e. The van der Waals surface area contributed by atoms with Gasteiger partial charge < -0.3 is 30.6 Å². The molecule has 2 aromatic carbocycles. The normalized spacial score (nSPS) is 16.7. The minimum Gasteiger partial charge on any atom is -0.444 e. The van der Waals surface area contributed by atoms with E-state index >= 15 is 0 Å². The van der Waals surface area contributed by atoms with E-state index in [4.69, 9.17) is 4.74 Å². The van der Waals surface area contributed by atoms with Crippen LogP contribution < -0.4 is 16.0 Å². The van der Waals surface area contributed by atoms with Crippen molar-refractivity contribution in [2.24, 2.45) is 0 Å². The van der Waals surface area contributed by atoms with Crippen molar-refractivity contribution in [3.05, 3.63) is 66.4 Å². The minimum absolute atomic E-state index is 0.106. The number of hydrogen-bond acceptors (Lipinski definition) is 5. The van der Waals surface area contributed by atoms with Crippen molar-refractivity contribution in [2.45, 2.75) is 77.1 Å². The topological polar surface area (TPSA) is 116 Å². The highest BCUT2D eigenvalue weighted by Gasteiger charge is 2.36. The van der Waals surface area contributed by atoms with Crippen LogP contribution in [-0.4, -0.2) is 64.1 Å². The van der Waals surface area contributed by atoms with Gasteiger partial charge in [0.1, 0.15) is 17.2 Å². The summed E-state index contributed by atoms with van der Waals surface area (Å²) in [6.07, 6.45) is 3.31. The van der Waals surface area contributed by atoms with Crippen LogP contribution in [0.2, 0.25) is 0 Å². The molecule has 3 aromatic rings. The van der Waals surface area contributed by atoms with Crippen molar-refractivity contribution < 1.29 is 19.1 Å². The van der Waals surface area contributed by atoms with Crippen LogP contribution in [0.15, 0.2) is 60.8 Å². The van der Waals surface area contributed by atoms with Gasteiger partial charge in [0.25, 0.3) is 0 Å². The molecule has 0 spiro atoms. The van der Waals surface area contributed by atoms with Gasteiger partial charge in [0.05, 0.1) is 0 Å². The van der Waals surface area contributed by atoms with Crippen LogP contribution in [-0.2, 0) is 20.7 Å². The first-order chi connectivity index (χ1) is 18.9. The van der Waals surface area contributed by atoms with Gasteiger partial charge in [-0.1, -0.05) is 36.4 Å². The Balaban J connectivity index is 1.52. The largest absolute Gasteiger partial charge is 0.444 e. The number of alkyl carbamates (subject to hydrolysis) is 1. The Hall–Kier alpha value is -4.01. The number of aromatic amines is 1. The molecule has 1 aromatic heterocycles. The summed E-state index contributed by atoms with van der Waals surface area (Å²) in [6, 6.07) is 17.1. The first-order valence-corrected chi connectivity index (χ1v) is 13.9. The predicted molar refractivity (Wildman–Crippen MR) is 157 cm³/mol. The molecule has 214 valence electrons. The Kier molecular flexibility index (Phi) is 8.71. The Morgan fingerprint density at radius 1 is 1.02 bits per heavy atom. The molecule has 40 heavy (non-hydrogen) atoms. The molecule has 2 atom stereocenters. The SMILES string of the molecule is CC(C)(C)OC(=O)NC(C)(C)C(=O)N[C@H](Cc1c[nH]c2ccccc12)C(=O)N1CCCC(Nc2ccccc2)C1. The molecular weight excluding hydrogens is 506 g/mol. The third-order valence-electron chi connectivity index (χ3n) is 6.96. The number of hydrogen-bond donors (Lipinski definition) is 4. The lowest BCUT2D eigenvalue weighted by atomic mass is 9.98. The molecule has 0 aliphatic carbocycles. The maximum atomic E-state index is 14.0. The van der Waals surface area contributed by atoms with Crippen molar-refractivity contribution in [3.8, 4) is 0 Å². The number of carbonyl (C=O) groups is 3. The zero-order valence-electron chi connectivity index (χ0n) is 24.0. The van der Waals surface area contributed by atoms with Gasteiger partial charge in [-0.2, -0.15) is 0 Å². The number of rotatable bonds is 8. The Morgan fingerprint density at radius 3 is 2.45 bits per heavy atom. The quantitative estimate of drug-likeness (QED) is 0.329. The van der Waals surface area contributed by atoms with E-state index in [1.54, 1.807) is 34.6 Å². The number of nitrogens with zero attached hydrogens (tertiary/aromatic N) is 1. The second-order valence-corrected chi connectivity index (χ2v) is 12.0. The van der Waals surface area contributed by atoms with E-state index < -0.39 is 29.2 Å². The summed E-state index contributed by atoms with van der Waals surface area (Å²) < 4.78 is 5.35. The molecule has 0 bridgehead atoms. The van der Waals surface area contributed by atoms with E-state index in [0.29, 0.717) is 19.5 Å². The molecule has 9 heteroatoms. The van der Waals surface area contributed by atoms with Gasteiger partial charge in [-0.05, 0) is 71.2 Å². The maximum absolute atomic E-state index is 14.0. The van der Waals surface area contributed by atoms with Crippen molar-refractivity contribution >= 4 is 34.5 Å². The molecule has 0 saturated carbocycles. The van der Waals surface area contributed by atoms with Crippen LogP contribution in [0.3, 0.4) is 0 Å². The fraction of sp³-hybridized carbons (Fsp3) is 0.452. The second kappa shape index (κ2) is 12.0. The van der Waals surface area contributed by atoms with Crippen molar-refractivity contribution in [1.29, 1.82) is 0 Å². The predicted octanol–water partition coefficient (Wildman–Crippen LogP) is 4.60. The van der Waals surface area contributed by atoms with E-state index in [0.717, 1.165) is 35.0 Å². The molecule has 1 unspecified atom stereocenters. The lowest BCUT2D eigenvalue weighted by molar-refractivity contribution is -0.138. The number of H-pyrrole nitrogens is 1. The highest BCUT2D eigenvalue weighted by molar-refractivity contribution is 5.94. The lowest BCUT2D eigenvalue weighted by Gasteiger charge is -2.36. The first kappa shape index (κ1) is 29.0. The number of anilines is 1. The molecule has 3 amide bonds. The summed E-state index contributed by atoms with van der Waals surface area (Å²) in [5.41, 5.74) is 0.902. The van der Waals surface area contributed by atoms with Crippen molar-refractivity contribution in [1.82, 2.24) is 20.5 Å². The summed E-state index contributed by atoms with van der Waals surface area (Å²) in [6.45, 7) is 9.62. The molecule has 1 aliphatic heterocycles. The van der Waals surface area contributed by atoms with Gasteiger partial charge >= 0.3 is 6.09 Å². The number of likely N-dealkylation sites (tertiary alicyclic amines) is 1. The minimum atomic E-state index is -1.31. The average Bonchev–Trinajstić information content (AvgIpc) is 3.30. The number of fused-ring (bicyclic) bond motifs is 1. The number of piperidine rings is 1. The van der Waals surface area contributed by atoms with E-state index in [-0.39, 0.29) is 11.9 Å². The van der Waals surface area contributed by atoms with Gasteiger partial charge in [-0.25, -0.2) is 4.79 Å². The zero-order valence-corrected chi connectivity index (χ0v) is 24.0. The van der Waals surface area contributed by atoms with Gasteiger partial charge in [0.2, 0.25) is 11.8 Å². The van der Waals surface area contributed by atoms with Crippen LogP contribution in [0.1, 0.15) is 53.0 Å². The van der Waals surface area contributed by atoms with E-state index in [9.17, 15) is 14.4 Å². The Labute approximate surface area is 236 Å². The summed E-state index contributed by atoms with van der Waals surface area (Å²) in [4.78, 5) is 45.0. The van der Waals surface area contributed by atoms with Gasteiger partial charge in [0.15, 0.2) is 0 Å². The fourth-order valence-corrected chi connectivity index (χ4v) is 4.96. The monoisotopic (exact) mass is 547 g/mol. The number of nitrogens with one attached hydrogen (secondary N) is 4. The number of amides is 3. The standard InChI is InChI=1S/C31H41N5O4/c1-30(2,3)40-29(39)35-31(4,5)28(38)34-26(18-21-19-32-25-16-10-9-15-24(21)25)27(37)36-17-11-14-23(20-36)33-22-12-7-6-8-13-22/h6-10,12-13,15-16,19,23,26,32-33H,11,14,17-18,20H2,1-5H3,(H,34,38)(H,35,39)/t23?,26-/m1/s1. The average molecular weight is 548 g/mol. The number of benzene rings is 2. The summed E-state index contributed by atoms with van der Waals surface area (Å²) in [5.74, 6) is -0.612. The highest BCUT2D eigenvalue weighted by Crippen LogP contribution is 2.22. The molecule has 4 rings (SSSR count). The molecule has 1 saturated heterocycles. The van der Waals surface area contributed by atoms with Crippen LogP contribution in [0.25, 0.3) is 10.9 Å². The molecule has 1 fully saturated rings. The number of carbonyl (C=O) groups excluding carboxylic acids is 3. The first-order valence-electron chi connectivity index (χ1n) is 13.9. The molecule has 9 nitrogen and oxygen atoms in total. The van der Waals surface area contributed by atoms with Gasteiger partial charge in [-0.15, -0.1) is 0 Å². The summed E-state index contributed by atoms with van der Waals surface area (Å²) >= 11 is 0. The summed E-state index contributed by atoms with van der Waals surface area (Å²) in [5, 5.41) is 10.1. The molecule has 0 radical (unpaired) electrons. The highest BCUT2D eigenvalue weighted by atomic mass is 16.6. The lowest BCUT2D eigenvalue weighted by Crippen LogP contribution is -2.61. The Bertz CT molecular complexity index is 1330. The third-order valence-corrected chi connectivity index (χ3v) is 6.96. The molecule has 1 aliphatic rings. The maximum Gasteiger partial charge on any atom is 0.408 e. The third kappa shape index (κ3) is 7.55. The number of para-hydroxylation sites is 2. The van der Waals surface area contributed by atoms with E-state index in [1.807, 2.05) is 65.7 Å². The number of aromatic nitrogens is 1. The van der Waals surface area contributed by atoms with Gasteiger partial charge in [-0.3, -0.25) is 9.59 Å². The van der Waals surface area contributed by atoms with Crippen molar-refractivity contribution in [2.75, 3.05) is 18.4 Å². The Morgan fingerprint density at radius 2 is 1.73 bits per heavy atom. The van der Waals surface area contributed by atoms with Crippen LogP contribution in [0.5, 0.6) is 0 Å². The second-order valence-electron chi connectivity index (χ2n) is 12.0. The van der Waals surface area contributed by atoms with E-state index in [1.165, 1.54) is 0 Å². The zero-order chi connectivity index (χ0) is 28.9. The van der Waals surface area contributed by atoms with Crippen LogP contribution >= 0.6 is 0 Å². The number of ether oxygens (including phenoxy) is 1. The molecular formula is C31H41N5O4. The molecule has 2 heterocycles. The van der Waals surface area contributed by atoms with Crippen LogP contribution in [0, 0.1) is 0 Å². The van der Waals surface area contributed by atoms with Gasteiger partial charge in [0, 0.05) is 48.3 Å². The van der Waals surface area contributed by atoms with Crippen molar-refractivity contribution in [3.63, 3.8) is 0 Å². The fourth-order valence-electron chi connectivity index (χ4n) is 4.96.